The predicted octanol–water partition coefficient (Wildman–Crippen LogP) is 4.78. The van der Waals surface area contributed by atoms with Gasteiger partial charge in [0.15, 0.2) is 0 Å². The summed E-state index contributed by atoms with van der Waals surface area (Å²) in [6, 6.07) is 23.8. The van der Waals surface area contributed by atoms with E-state index in [1.54, 1.807) is 22.8 Å². The van der Waals surface area contributed by atoms with Gasteiger partial charge in [-0.3, -0.25) is 4.79 Å². The Morgan fingerprint density at radius 3 is 2.39 bits per heavy atom. The monoisotopic (exact) mass is 367 g/mol. The summed E-state index contributed by atoms with van der Waals surface area (Å²) in [5, 5.41) is 1.84. The Morgan fingerprint density at radius 2 is 1.61 bits per heavy atom. The first-order valence-electron chi connectivity index (χ1n) is 9.09. The molecule has 0 amide bonds. The van der Waals surface area contributed by atoms with Gasteiger partial charge in [0.2, 0.25) is 0 Å². The number of rotatable bonds is 3. The third-order valence-corrected chi connectivity index (χ3v) is 4.58. The molecule has 0 radical (unpaired) electrons. The standard InChI is InChI=1S/C25H18FNO/c26-24-13-10-21(11-14-24)17-27-18-23-15-20(9-12-22(23)16-25(27)28)8-4-7-19-5-2-1-3-6-19/h1-3,5-6,9-16,18H,7,17H2. The fourth-order valence-corrected chi connectivity index (χ4v) is 3.10. The van der Waals surface area contributed by atoms with Gasteiger partial charge in [-0.2, -0.15) is 0 Å². The molecule has 0 fully saturated rings. The average molecular weight is 367 g/mol. The van der Waals surface area contributed by atoms with Gasteiger partial charge in [-0.25, -0.2) is 4.39 Å². The second-order valence-electron chi connectivity index (χ2n) is 6.67. The highest BCUT2D eigenvalue weighted by molar-refractivity contribution is 5.83. The van der Waals surface area contributed by atoms with E-state index >= 15 is 0 Å². The van der Waals surface area contributed by atoms with Gasteiger partial charge in [-0.1, -0.05) is 60.4 Å². The summed E-state index contributed by atoms with van der Waals surface area (Å²) in [7, 11) is 0. The SMILES string of the molecule is O=c1cc2ccc(C#CCc3ccccc3)cc2cn1Cc1ccc(F)cc1. The minimum atomic E-state index is -0.284. The van der Waals surface area contributed by atoms with Crippen molar-refractivity contribution in [3.8, 4) is 11.8 Å². The molecule has 0 aliphatic carbocycles. The second-order valence-corrected chi connectivity index (χ2v) is 6.67. The number of hydrogen-bond donors (Lipinski definition) is 0. The number of fused-ring (bicyclic) bond motifs is 1. The van der Waals surface area contributed by atoms with Crippen LogP contribution in [0.3, 0.4) is 0 Å². The fraction of sp³-hybridized carbons (Fsp3) is 0.0800. The molecule has 1 aromatic heterocycles. The average Bonchev–Trinajstić information content (AvgIpc) is 2.71. The number of pyridine rings is 1. The van der Waals surface area contributed by atoms with Crippen LogP contribution in [-0.2, 0) is 13.0 Å². The van der Waals surface area contributed by atoms with Crippen LogP contribution in [0.15, 0.2) is 89.9 Å². The Kier molecular flexibility index (Phi) is 5.03. The Labute approximate surface area is 162 Å². The molecule has 3 heteroatoms. The van der Waals surface area contributed by atoms with Crippen LogP contribution >= 0.6 is 0 Å². The molecule has 1 heterocycles. The number of halogens is 1. The van der Waals surface area contributed by atoms with Crippen molar-refractivity contribution in [2.24, 2.45) is 0 Å². The van der Waals surface area contributed by atoms with E-state index in [-0.39, 0.29) is 11.4 Å². The maximum Gasteiger partial charge on any atom is 0.251 e. The molecule has 0 N–H and O–H groups in total. The highest BCUT2D eigenvalue weighted by atomic mass is 19.1. The van der Waals surface area contributed by atoms with Gasteiger partial charge in [-0.15, -0.1) is 0 Å². The van der Waals surface area contributed by atoms with Crippen molar-refractivity contribution in [3.63, 3.8) is 0 Å². The lowest BCUT2D eigenvalue weighted by atomic mass is 10.1. The van der Waals surface area contributed by atoms with E-state index < -0.39 is 0 Å². The van der Waals surface area contributed by atoms with Crippen molar-refractivity contribution in [3.05, 3.63) is 118 Å². The van der Waals surface area contributed by atoms with Gasteiger partial charge in [0.25, 0.3) is 5.56 Å². The molecule has 0 aliphatic rings. The summed E-state index contributed by atoms with van der Waals surface area (Å²) in [6.07, 6.45) is 2.53. The third kappa shape index (κ3) is 4.19. The zero-order valence-corrected chi connectivity index (χ0v) is 15.2. The van der Waals surface area contributed by atoms with Crippen LogP contribution in [0.25, 0.3) is 10.8 Å². The van der Waals surface area contributed by atoms with Crippen LogP contribution in [0.5, 0.6) is 0 Å². The van der Waals surface area contributed by atoms with Crippen LogP contribution in [0.1, 0.15) is 16.7 Å². The lowest BCUT2D eigenvalue weighted by molar-refractivity contribution is 0.626. The van der Waals surface area contributed by atoms with Crippen molar-refractivity contribution in [1.82, 2.24) is 4.57 Å². The Bertz CT molecular complexity index is 1230. The highest BCUT2D eigenvalue weighted by Crippen LogP contribution is 2.14. The normalized spacial score (nSPS) is 10.5. The van der Waals surface area contributed by atoms with Crippen molar-refractivity contribution in [2.45, 2.75) is 13.0 Å². The summed E-state index contributed by atoms with van der Waals surface area (Å²) in [5.74, 6) is 6.11. The zero-order valence-electron chi connectivity index (χ0n) is 15.2. The molecule has 3 aromatic carbocycles. The van der Waals surface area contributed by atoms with Crippen LogP contribution < -0.4 is 5.56 Å². The maximum absolute atomic E-state index is 13.1. The molecule has 0 saturated heterocycles. The molecule has 0 spiro atoms. The molecule has 0 aliphatic heterocycles. The highest BCUT2D eigenvalue weighted by Gasteiger charge is 2.03. The molecule has 0 bridgehead atoms. The summed E-state index contributed by atoms with van der Waals surface area (Å²) >= 11 is 0. The smallest absolute Gasteiger partial charge is 0.251 e. The molecular formula is C25H18FNO. The topological polar surface area (TPSA) is 22.0 Å². The Balaban J connectivity index is 1.60. The molecule has 136 valence electrons. The van der Waals surface area contributed by atoms with Crippen LogP contribution in [0, 0.1) is 17.7 Å². The summed E-state index contributed by atoms with van der Waals surface area (Å²) in [6.45, 7) is 0.402. The minimum Gasteiger partial charge on any atom is -0.310 e. The van der Waals surface area contributed by atoms with Gasteiger partial charge in [0.05, 0.1) is 6.54 Å². The predicted molar refractivity (Wildman–Crippen MR) is 111 cm³/mol. The van der Waals surface area contributed by atoms with Gasteiger partial charge in [0.1, 0.15) is 5.82 Å². The Morgan fingerprint density at radius 1 is 0.821 bits per heavy atom. The van der Waals surface area contributed by atoms with Crippen molar-refractivity contribution < 1.29 is 4.39 Å². The van der Waals surface area contributed by atoms with Crippen molar-refractivity contribution >= 4 is 10.8 Å². The third-order valence-electron chi connectivity index (χ3n) is 4.58. The van der Waals surface area contributed by atoms with E-state index in [1.165, 1.54) is 17.7 Å². The fourth-order valence-electron chi connectivity index (χ4n) is 3.10. The first kappa shape index (κ1) is 17.8. The van der Waals surface area contributed by atoms with E-state index in [0.29, 0.717) is 13.0 Å². The summed E-state index contributed by atoms with van der Waals surface area (Å²) < 4.78 is 14.7. The van der Waals surface area contributed by atoms with Crippen LogP contribution in [0.2, 0.25) is 0 Å². The van der Waals surface area contributed by atoms with Crippen LogP contribution in [-0.4, -0.2) is 4.57 Å². The lowest BCUT2D eigenvalue weighted by Crippen LogP contribution is -2.19. The second kappa shape index (κ2) is 7.94. The van der Waals surface area contributed by atoms with Crippen molar-refractivity contribution in [1.29, 1.82) is 0 Å². The summed E-state index contributed by atoms with van der Waals surface area (Å²) in [4.78, 5) is 12.4. The number of aromatic nitrogens is 1. The minimum absolute atomic E-state index is 0.0836. The van der Waals surface area contributed by atoms with Crippen LogP contribution in [0.4, 0.5) is 4.39 Å². The number of nitrogens with zero attached hydrogens (tertiary/aromatic N) is 1. The maximum atomic E-state index is 13.1. The number of hydrogen-bond acceptors (Lipinski definition) is 1. The molecule has 0 unspecified atom stereocenters. The molecule has 0 saturated carbocycles. The molecule has 0 atom stereocenters. The van der Waals surface area contributed by atoms with Gasteiger partial charge >= 0.3 is 0 Å². The van der Waals surface area contributed by atoms with E-state index in [1.807, 2.05) is 42.6 Å². The summed E-state index contributed by atoms with van der Waals surface area (Å²) in [5.41, 5.74) is 2.89. The first-order valence-corrected chi connectivity index (χ1v) is 9.09. The Hall–Kier alpha value is -3.64. The largest absolute Gasteiger partial charge is 0.310 e. The molecule has 4 aromatic rings. The quantitative estimate of drug-likeness (QED) is 0.478. The van der Waals surface area contributed by atoms with E-state index in [2.05, 4.69) is 24.0 Å². The number of benzene rings is 3. The van der Waals surface area contributed by atoms with E-state index in [9.17, 15) is 9.18 Å². The van der Waals surface area contributed by atoms with Crippen molar-refractivity contribution in [2.75, 3.05) is 0 Å². The zero-order chi connectivity index (χ0) is 19.3. The van der Waals surface area contributed by atoms with Gasteiger partial charge in [0, 0.05) is 24.2 Å². The van der Waals surface area contributed by atoms with E-state index in [0.717, 1.165) is 21.9 Å². The molecular weight excluding hydrogens is 349 g/mol. The lowest BCUT2D eigenvalue weighted by Gasteiger charge is -2.08. The molecule has 4 rings (SSSR count). The molecule has 28 heavy (non-hydrogen) atoms. The molecule has 2 nitrogen and oxygen atoms in total. The first-order chi connectivity index (χ1) is 13.7. The van der Waals surface area contributed by atoms with Gasteiger partial charge in [-0.05, 0) is 46.2 Å². The van der Waals surface area contributed by atoms with Gasteiger partial charge < -0.3 is 4.57 Å². The van der Waals surface area contributed by atoms with E-state index in [4.69, 9.17) is 0 Å².